The molecule has 1 aromatic rings. The minimum atomic E-state index is -0.00659. The number of anilines is 1. The molecule has 17 heavy (non-hydrogen) atoms. The normalized spacial score (nSPS) is 15.2. The summed E-state index contributed by atoms with van der Waals surface area (Å²) in [6, 6.07) is 6.20. The van der Waals surface area contributed by atoms with E-state index in [-0.39, 0.29) is 13.2 Å². The van der Waals surface area contributed by atoms with Crippen molar-refractivity contribution in [2.45, 2.75) is 6.04 Å². The summed E-state index contributed by atoms with van der Waals surface area (Å²) in [6.07, 6.45) is 0. The number of ether oxygens (including phenoxy) is 2. The first kappa shape index (κ1) is 12.0. The summed E-state index contributed by atoms with van der Waals surface area (Å²) in [5, 5.41) is 15.4. The van der Waals surface area contributed by atoms with E-state index in [2.05, 4.69) is 10.6 Å². The first-order valence-electron chi connectivity index (χ1n) is 5.72. The molecule has 0 amide bonds. The Bertz CT molecular complexity index is 367. The second kappa shape index (κ2) is 5.75. The van der Waals surface area contributed by atoms with Crippen molar-refractivity contribution in [3.05, 3.63) is 18.2 Å². The Labute approximate surface area is 101 Å². The van der Waals surface area contributed by atoms with Gasteiger partial charge in [-0.15, -0.1) is 0 Å². The molecule has 0 aromatic heterocycles. The quantitative estimate of drug-likeness (QED) is 0.671. The van der Waals surface area contributed by atoms with Crippen LogP contribution in [0.25, 0.3) is 0 Å². The molecule has 0 saturated carbocycles. The molecule has 1 fully saturated rings. The van der Waals surface area contributed by atoms with Crippen LogP contribution < -0.4 is 20.1 Å². The van der Waals surface area contributed by atoms with Crippen LogP contribution in [0.1, 0.15) is 0 Å². The monoisotopic (exact) mass is 238 g/mol. The highest BCUT2D eigenvalue weighted by molar-refractivity contribution is 5.55. The van der Waals surface area contributed by atoms with Gasteiger partial charge in [0.25, 0.3) is 0 Å². The van der Waals surface area contributed by atoms with E-state index in [0.29, 0.717) is 17.5 Å². The van der Waals surface area contributed by atoms with E-state index >= 15 is 0 Å². The lowest BCUT2D eigenvalue weighted by atomic mass is 10.1. The molecule has 0 spiro atoms. The van der Waals surface area contributed by atoms with E-state index in [9.17, 15) is 0 Å². The Balaban J connectivity index is 2.06. The summed E-state index contributed by atoms with van der Waals surface area (Å²) in [5.74, 6) is 1.33. The van der Waals surface area contributed by atoms with E-state index in [1.54, 1.807) is 7.11 Å². The molecule has 1 aliphatic rings. The first-order valence-corrected chi connectivity index (χ1v) is 5.72. The van der Waals surface area contributed by atoms with Gasteiger partial charge in [-0.3, -0.25) is 0 Å². The van der Waals surface area contributed by atoms with Gasteiger partial charge in [0.2, 0.25) is 0 Å². The zero-order valence-corrected chi connectivity index (χ0v) is 9.90. The van der Waals surface area contributed by atoms with Gasteiger partial charge < -0.3 is 25.2 Å². The zero-order valence-electron chi connectivity index (χ0n) is 9.90. The van der Waals surface area contributed by atoms with Gasteiger partial charge >= 0.3 is 0 Å². The Hall–Kier alpha value is -1.46. The van der Waals surface area contributed by atoms with Gasteiger partial charge in [-0.2, -0.15) is 0 Å². The average Bonchev–Trinajstić information content (AvgIpc) is 2.31. The molecule has 0 atom stereocenters. The van der Waals surface area contributed by atoms with E-state index in [1.165, 1.54) is 0 Å². The van der Waals surface area contributed by atoms with E-state index < -0.39 is 0 Å². The van der Waals surface area contributed by atoms with Gasteiger partial charge in [0, 0.05) is 24.8 Å². The topological polar surface area (TPSA) is 62.8 Å². The van der Waals surface area contributed by atoms with Crippen LogP contribution in [0, 0.1) is 0 Å². The average molecular weight is 238 g/mol. The standard InChI is InChI=1S/C12H18N2O3/c1-16-11-3-2-9(14-10-7-13-8-10)6-12(11)17-5-4-15/h2-3,6,10,13-15H,4-5,7-8H2,1H3. The fourth-order valence-electron chi connectivity index (χ4n) is 1.66. The van der Waals surface area contributed by atoms with Crippen molar-refractivity contribution in [2.75, 3.05) is 38.7 Å². The molecule has 0 unspecified atom stereocenters. The molecule has 0 aliphatic carbocycles. The van der Waals surface area contributed by atoms with Crippen molar-refractivity contribution in [3.63, 3.8) is 0 Å². The van der Waals surface area contributed by atoms with Gasteiger partial charge in [-0.25, -0.2) is 0 Å². The summed E-state index contributed by atoms with van der Waals surface area (Å²) >= 11 is 0. The molecule has 0 radical (unpaired) electrons. The lowest BCUT2D eigenvalue weighted by Crippen LogP contribution is -2.51. The third-order valence-electron chi connectivity index (χ3n) is 2.66. The maximum atomic E-state index is 8.76. The van der Waals surface area contributed by atoms with Gasteiger partial charge in [0.05, 0.1) is 19.8 Å². The molecule has 3 N–H and O–H groups in total. The Morgan fingerprint density at radius 1 is 1.41 bits per heavy atom. The molecular weight excluding hydrogens is 220 g/mol. The second-order valence-corrected chi connectivity index (χ2v) is 3.94. The molecule has 0 bridgehead atoms. The molecule has 94 valence electrons. The molecule has 5 nitrogen and oxygen atoms in total. The Kier molecular flexibility index (Phi) is 4.06. The molecule has 1 aromatic carbocycles. The fourth-order valence-corrected chi connectivity index (χ4v) is 1.66. The summed E-state index contributed by atoms with van der Waals surface area (Å²) in [7, 11) is 1.60. The van der Waals surface area contributed by atoms with Crippen molar-refractivity contribution in [3.8, 4) is 11.5 Å². The third-order valence-corrected chi connectivity index (χ3v) is 2.66. The lowest BCUT2D eigenvalue weighted by Gasteiger charge is -2.29. The van der Waals surface area contributed by atoms with E-state index in [0.717, 1.165) is 18.8 Å². The Morgan fingerprint density at radius 3 is 2.82 bits per heavy atom. The van der Waals surface area contributed by atoms with Crippen LogP contribution in [0.3, 0.4) is 0 Å². The summed E-state index contributed by atoms with van der Waals surface area (Å²) in [6.45, 7) is 2.23. The molecular formula is C12H18N2O3. The lowest BCUT2D eigenvalue weighted by molar-refractivity contribution is 0.196. The minimum Gasteiger partial charge on any atom is -0.493 e. The van der Waals surface area contributed by atoms with Crippen LogP contribution in [0.4, 0.5) is 5.69 Å². The van der Waals surface area contributed by atoms with Crippen molar-refractivity contribution in [1.82, 2.24) is 5.32 Å². The van der Waals surface area contributed by atoms with Gasteiger partial charge in [-0.1, -0.05) is 0 Å². The molecule has 1 heterocycles. The van der Waals surface area contributed by atoms with Gasteiger partial charge in [-0.05, 0) is 12.1 Å². The predicted octanol–water partition coefficient (Wildman–Crippen LogP) is 0.450. The molecule has 2 rings (SSSR count). The molecule has 5 heteroatoms. The number of nitrogens with one attached hydrogen (secondary N) is 2. The van der Waals surface area contributed by atoms with Crippen molar-refractivity contribution in [2.24, 2.45) is 0 Å². The van der Waals surface area contributed by atoms with E-state index in [4.69, 9.17) is 14.6 Å². The van der Waals surface area contributed by atoms with Crippen LogP contribution in [-0.4, -0.2) is 44.6 Å². The smallest absolute Gasteiger partial charge is 0.163 e. The van der Waals surface area contributed by atoms with Crippen LogP contribution in [0.5, 0.6) is 11.5 Å². The van der Waals surface area contributed by atoms with Gasteiger partial charge in [0.15, 0.2) is 11.5 Å². The SMILES string of the molecule is COc1ccc(NC2CNC2)cc1OCCO. The van der Waals surface area contributed by atoms with Crippen LogP contribution in [0.2, 0.25) is 0 Å². The summed E-state index contributed by atoms with van der Waals surface area (Å²) < 4.78 is 10.6. The predicted molar refractivity (Wildman–Crippen MR) is 65.9 cm³/mol. The minimum absolute atomic E-state index is 0.00659. The largest absolute Gasteiger partial charge is 0.493 e. The number of benzene rings is 1. The maximum absolute atomic E-state index is 8.76. The number of hydrogen-bond donors (Lipinski definition) is 3. The Morgan fingerprint density at radius 2 is 2.24 bits per heavy atom. The highest BCUT2D eigenvalue weighted by Crippen LogP contribution is 2.30. The highest BCUT2D eigenvalue weighted by Gasteiger charge is 2.16. The maximum Gasteiger partial charge on any atom is 0.163 e. The van der Waals surface area contributed by atoms with Crippen LogP contribution in [0.15, 0.2) is 18.2 Å². The van der Waals surface area contributed by atoms with Crippen molar-refractivity contribution >= 4 is 5.69 Å². The first-order chi connectivity index (χ1) is 8.33. The third kappa shape index (κ3) is 3.01. The number of rotatable bonds is 6. The molecule has 1 aliphatic heterocycles. The fraction of sp³-hybridized carbons (Fsp3) is 0.500. The molecule has 1 saturated heterocycles. The number of hydrogen-bond acceptors (Lipinski definition) is 5. The zero-order chi connectivity index (χ0) is 12.1. The summed E-state index contributed by atoms with van der Waals surface area (Å²) in [4.78, 5) is 0. The van der Waals surface area contributed by atoms with Crippen molar-refractivity contribution < 1.29 is 14.6 Å². The van der Waals surface area contributed by atoms with E-state index in [1.807, 2.05) is 18.2 Å². The highest BCUT2D eigenvalue weighted by atomic mass is 16.5. The number of aliphatic hydroxyl groups is 1. The van der Waals surface area contributed by atoms with Crippen molar-refractivity contribution in [1.29, 1.82) is 0 Å². The number of methoxy groups -OCH3 is 1. The second-order valence-electron chi connectivity index (χ2n) is 3.94. The van der Waals surface area contributed by atoms with Crippen LogP contribution >= 0.6 is 0 Å². The van der Waals surface area contributed by atoms with Gasteiger partial charge in [0.1, 0.15) is 6.61 Å². The summed E-state index contributed by atoms with van der Waals surface area (Å²) in [5.41, 5.74) is 1.00. The number of aliphatic hydroxyl groups excluding tert-OH is 1. The van der Waals surface area contributed by atoms with Crippen LogP contribution in [-0.2, 0) is 0 Å².